The number of rotatable bonds is 6. The summed E-state index contributed by atoms with van der Waals surface area (Å²) >= 11 is 0. The summed E-state index contributed by atoms with van der Waals surface area (Å²) in [6.45, 7) is 2.76. The number of anilines is 2. The van der Waals surface area contributed by atoms with Crippen molar-refractivity contribution in [3.05, 3.63) is 30.1 Å². The summed E-state index contributed by atoms with van der Waals surface area (Å²) < 4.78 is 50.9. The number of halogens is 3. The van der Waals surface area contributed by atoms with Gasteiger partial charge < -0.3 is 19.7 Å². The maximum atomic E-state index is 13.2. The Labute approximate surface area is 168 Å². The second-order valence-corrected chi connectivity index (χ2v) is 6.46. The van der Waals surface area contributed by atoms with Crippen molar-refractivity contribution in [2.45, 2.75) is 25.7 Å². The Hall–Kier alpha value is -3.22. The highest BCUT2D eigenvalue weighted by Crippen LogP contribution is 2.35. The number of alkyl halides is 3. The number of hydrogen-bond donors (Lipinski definition) is 1. The average Bonchev–Trinajstić information content (AvgIpc) is 3.20. The second kappa shape index (κ2) is 9.07. The number of esters is 1. The van der Waals surface area contributed by atoms with Crippen molar-refractivity contribution >= 4 is 23.3 Å². The van der Waals surface area contributed by atoms with Gasteiger partial charge in [-0.1, -0.05) is 0 Å². The summed E-state index contributed by atoms with van der Waals surface area (Å²) in [7, 11) is 0. The van der Waals surface area contributed by atoms with Gasteiger partial charge in [-0.3, -0.25) is 9.59 Å². The molecule has 0 aliphatic carbocycles. The number of benzene rings is 1. The molecule has 3 rings (SSSR count). The molecule has 1 unspecified atom stereocenters. The van der Waals surface area contributed by atoms with Crippen LogP contribution < -0.4 is 10.2 Å². The van der Waals surface area contributed by atoms with Gasteiger partial charge in [0.15, 0.2) is 6.10 Å². The third-order valence-corrected chi connectivity index (χ3v) is 4.29. The van der Waals surface area contributed by atoms with E-state index < -0.39 is 29.7 Å². The summed E-state index contributed by atoms with van der Waals surface area (Å²) in [4.78, 5) is 26.2. The highest BCUT2D eigenvalue weighted by atomic mass is 19.4. The number of ether oxygens (including phenoxy) is 2. The molecule has 0 bridgehead atoms. The fourth-order valence-electron chi connectivity index (χ4n) is 2.80. The van der Waals surface area contributed by atoms with Crippen molar-refractivity contribution in [2.24, 2.45) is 0 Å². The molecular formula is C17H19F3N6O4. The van der Waals surface area contributed by atoms with Crippen molar-refractivity contribution in [3.63, 3.8) is 0 Å². The van der Waals surface area contributed by atoms with Crippen LogP contribution in [-0.4, -0.2) is 64.5 Å². The first-order chi connectivity index (χ1) is 14.2. The summed E-state index contributed by atoms with van der Waals surface area (Å²) in [6.07, 6.45) is -4.63. The first-order valence-electron chi connectivity index (χ1n) is 8.99. The molecule has 2 heterocycles. The largest absolute Gasteiger partial charge is 0.451 e. The van der Waals surface area contributed by atoms with Crippen molar-refractivity contribution in [2.75, 3.05) is 36.5 Å². The standard InChI is InChI=1S/C17H19F3N6O4/c1-11(30-15(27)9-26-10-21-23-24-26)16(28)22-13-8-12(17(18,19)20)2-3-14(13)25-4-6-29-7-5-25/h2-3,8,10-11H,4-7,9H2,1H3,(H,22,28). The van der Waals surface area contributed by atoms with E-state index in [1.54, 1.807) is 0 Å². The minimum absolute atomic E-state index is 0.0277. The molecule has 1 atom stereocenters. The molecule has 0 radical (unpaired) electrons. The van der Waals surface area contributed by atoms with Crippen LogP contribution in [-0.2, 0) is 31.8 Å². The van der Waals surface area contributed by atoms with Gasteiger partial charge in [0.1, 0.15) is 12.9 Å². The Morgan fingerprint density at radius 3 is 2.67 bits per heavy atom. The number of aromatic nitrogens is 4. The smallest absolute Gasteiger partial charge is 0.416 e. The molecule has 1 amide bonds. The van der Waals surface area contributed by atoms with Crippen LogP contribution in [0.1, 0.15) is 12.5 Å². The minimum Gasteiger partial charge on any atom is -0.451 e. The van der Waals surface area contributed by atoms with E-state index in [1.807, 2.05) is 4.90 Å². The minimum atomic E-state index is -4.58. The molecular weight excluding hydrogens is 409 g/mol. The van der Waals surface area contributed by atoms with Gasteiger partial charge >= 0.3 is 12.1 Å². The third kappa shape index (κ3) is 5.43. The van der Waals surface area contributed by atoms with Crippen molar-refractivity contribution in [3.8, 4) is 0 Å². The van der Waals surface area contributed by atoms with Gasteiger partial charge in [-0.2, -0.15) is 13.2 Å². The van der Waals surface area contributed by atoms with Crippen LogP contribution in [0.25, 0.3) is 0 Å². The second-order valence-electron chi connectivity index (χ2n) is 6.46. The zero-order valence-electron chi connectivity index (χ0n) is 15.9. The van der Waals surface area contributed by atoms with Crippen molar-refractivity contribution in [1.82, 2.24) is 20.2 Å². The topological polar surface area (TPSA) is 111 Å². The quantitative estimate of drug-likeness (QED) is 0.681. The molecule has 1 N–H and O–H groups in total. The number of hydrogen-bond acceptors (Lipinski definition) is 8. The summed E-state index contributed by atoms with van der Waals surface area (Å²) in [5, 5.41) is 12.7. The van der Waals surface area contributed by atoms with Gasteiger partial charge in [-0.05, 0) is 35.5 Å². The molecule has 162 valence electrons. The molecule has 13 heteroatoms. The van der Waals surface area contributed by atoms with Gasteiger partial charge in [0.25, 0.3) is 5.91 Å². The Balaban J connectivity index is 1.73. The number of nitrogens with one attached hydrogen (secondary N) is 1. The zero-order chi connectivity index (χ0) is 21.7. The summed E-state index contributed by atoms with van der Waals surface area (Å²) in [5.41, 5.74) is -0.509. The molecule has 30 heavy (non-hydrogen) atoms. The van der Waals surface area contributed by atoms with E-state index in [0.717, 1.165) is 16.8 Å². The van der Waals surface area contributed by atoms with E-state index in [1.165, 1.54) is 19.3 Å². The van der Waals surface area contributed by atoms with Crippen LogP contribution in [0.2, 0.25) is 0 Å². The van der Waals surface area contributed by atoms with Crippen molar-refractivity contribution < 1.29 is 32.2 Å². The van der Waals surface area contributed by atoms with Gasteiger partial charge in [-0.15, -0.1) is 5.10 Å². The number of carbonyl (C=O) groups is 2. The Morgan fingerprint density at radius 1 is 1.30 bits per heavy atom. The molecule has 2 aromatic rings. The van der Waals surface area contributed by atoms with E-state index in [0.29, 0.717) is 32.0 Å². The highest BCUT2D eigenvalue weighted by molar-refractivity contribution is 5.98. The predicted molar refractivity (Wildman–Crippen MR) is 96.5 cm³/mol. The van der Waals surface area contributed by atoms with Crippen LogP contribution in [0.4, 0.5) is 24.5 Å². The Kier molecular flexibility index (Phi) is 6.50. The number of carbonyl (C=O) groups excluding carboxylic acids is 2. The lowest BCUT2D eigenvalue weighted by atomic mass is 10.1. The maximum Gasteiger partial charge on any atom is 0.416 e. The van der Waals surface area contributed by atoms with Crippen molar-refractivity contribution in [1.29, 1.82) is 0 Å². The average molecular weight is 428 g/mol. The van der Waals surface area contributed by atoms with E-state index in [2.05, 4.69) is 20.8 Å². The van der Waals surface area contributed by atoms with E-state index in [9.17, 15) is 22.8 Å². The maximum absolute atomic E-state index is 13.2. The predicted octanol–water partition coefficient (Wildman–Crippen LogP) is 1.10. The number of nitrogens with zero attached hydrogens (tertiary/aromatic N) is 5. The Morgan fingerprint density at radius 2 is 2.03 bits per heavy atom. The zero-order valence-corrected chi connectivity index (χ0v) is 15.9. The normalized spacial score (nSPS) is 15.5. The molecule has 1 fully saturated rings. The third-order valence-electron chi connectivity index (χ3n) is 4.29. The molecule has 0 saturated carbocycles. The monoisotopic (exact) mass is 428 g/mol. The number of tetrazole rings is 1. The lowest BCUT2D eigenvalue weighted by Crippen LogP contribution is -2.37. The van der Waals surface area contributed by atoms with Crippen LogP contribution in [0, 0.1) is 0 Å². The first kappa shape index (κ1) is 21.5. The fraction of sp³-hybridized carbons (Fsp3) is 0.471. The summed E-state index contributed by atoms with van der Waals surface area (Å²) in [5.74, 6) is -1.55. The molecule has 1 aliphatic rings. The van der Waals surface area contributed by atoms with Gasteiger partial charge in [-0.25, -0.2) is 4.68 Å². The van der Waals surface area contributed by atoms with Crippen LogP contribution >= 0.6 is 0 Å². The lowest BCUT2D eigenvalue weighted by molar-refractivity contribution is -0.153. The SMILES string of the molecule is CC(OC(=O)Cn1cnnn1)C(=O)Nc1cc(C(F)(F)F)ccc1N1CCOCC1. The molecule has 1 aromatic carbocycles. The van der Waals surface area contributed by atoms with Crippen LogP contribution in [0.3, 0.4) is 0 Å². The number of morpholine rings is 1. The Bertz CT molecular complexity index is 884. The fourth-order valence-corrected chi connectivity index (χ4v) is 2.80. The molecule has 0 spiro atoms. The van der Waals surface area contributed by atoms with E-state index >= 15 is 0 Å². The van der Waals surface area contributed by atoms with Gasteiger partial charge in [0, 0.05) is 13.1 Å². The van der Waals surface area contributed by atoms with Gasteiger partial charge in [0.05, 0.1) is 30.2 Å². The van der Waals surface area contributed by atoms with Crippen LogP contribution in [0.15, 0.2) is 24.5 Å². The highest BCUT2D eigenvalue weighted by Gasteiger charge is 2.32. The molecule has 1 aromatic heterocycles. The summed E-state index contributed by atoms with van der Waals surface area (Å²) in [6, 6.07) is 3.12. The van der Waals surface area contributed by atoms with Gasteiger partial charge in [0.2, 0.25) is 0 Å². The lowest BCUT2D eigenvalue weighted by Gasteiger charge is -2.31. The molecule has 1 saturated heterocycles. The molecule has 10 nitrogen and oxygen atoms in total. The van der Waals surface area contributed by atoms with E-state index in [4.69, 9.17) is 9.47 Å². The molecule has 1 aliphatic heterocycles. The first-order valence-corrected chi connectivity index (χ1v) is 8.99. The number of amides is 1. The van der Waals surface area contributed by atoms with E-state index in [-0.39, 0.29) is 12.2 Å². The van der Waals surface area contributed by atoms with Crippen LogP contribution in [0.5, 0.6) is 0 Å².